The van der Waals surface area contributed by atoms with Crippen molar-refractivity contribution in [3.8, 4) is 0 Å². The molecule has 0 spiro atoms. The van der Waals surface area contributed by atoms with E-state index in [2.05, 4.69) is 5.32 Å². The zero-order valence-electron chi connectivity index (χ0n) is 15.0. The summed E-state index contributed by atoms with van der Waals surface area (Å²) in [4.78, 5) is 27.1. The zero-order valence-corrected chi connectivity index (χ0v) is 15.0. The molecule has 0 aliphatic carbocycles. The molecule has 2 aromatic carbocycles. The fourth-order valence-corrected chi connectivity index (χ4v) is 3.07. The second kappa shape index (κ2) is 8.16. The minimum absolute atomic E-state index is 0.180. The van der Waals surface area contributed by atoms with E-state index in [1.165, 1.54) is 25.1 Å². The first-order valence-electron chi connectivity index (χ1n) is 8.76. The van der Waals surface area contributed by atoms with Crippen LogP contribution in [0.1, 0.15) is 22.8 Å². The van der Waals surface area contributed by atoms with Crippen molar-refractivity contribution in [2.75, 3.05) is 31.1 Å². The molecular formula is C20H21F2N3O2. The van der Waals surface area contributed by atoms with Gasteiger partial charge in [-0.1, -0.05) is 12.1 Å². The molecular weight excluding hydrogens is 352 g/mol. The molecule has 0 radical (unpaired) electrons. The molecule has 3 rings (SSSR count). The van der Waals surface area contributed by atoms with E-state index in [4.69, 9.17) is 0 Å². The smallest absolute Gasteiger partial charge is 0.317 e. The Morgan fingerprint density at radius 2 is 1.78 bits per heavy atom. The van der Waals surface area contributed by atoms with Gasteiger partial charge < -0.3 is 15.1 Å². The highest BCUT2D eigenvalue weighted by Gasteiger charge is 2.23. The number of ketones is 1. The molecule has 1 aliphatic heterocycles. The molecule has 0 aromatic heterocycles. The number of hydrogen-bond acceptors (Lipinski definition) is 3. The van der Waals surface area contributed by atoms with Crippen LogP contribution >= 0.6 is 0 Å². The summed E-state index contributed by atoms with van der Waals surface area (Å²) >= 11 is 0. The van der Waals surface area contributed by atoms with E-state index in [0.29, 0.717) is 43.0 Å². The number of carbonyl (C=O) groups is 2. The Hall–Kier alpha value is -2.96. The van der Waals surface area contributed by atoms with Crippen molar-refractivity contribution in [1.82, 2.24) is 10.2 Å². The van der Waals surface area contributed by atoms with Crippen molar-refractivity contribution in [3.63, 3.8) is 0 Å². The Kier molecular flexibility index (Phi) is 5.69. The van der Waals surface area contributed by atoms with Gasteiger partial charge in [0.05, 0.1) is 5.69 Å². The van der Waals surface area contributed by atoms with E-state index in [9.17, 15) is 18.4 Å². The summed E-state index contributed by atoms with van der Waals surface area (Å²) in [5, 5.41) is 2.77. The summed E-state index contributed by atoms with van der Waals surface area (Å²) in [5.41, 5.74) is 1.46. The van der Waals surface area contributed by atoms with E-state index in [-0.39, 0.29) is 24.2 Å². The Morgan fingerprint density at radius 1 is 1.04 bits per heavy atom. The van der Waals surface area contributed by atoms with Crippen molar-refractivity contribution in [2.45, 2.75) is 13.5 Å². The lowest BCUT2D eigenvalue weighted by Gasteiger charge is -2.36. The molecule has 2 amide bonds. The third-order valence-electron chi connectivity index (χ3n) is 4.59. The van der Waals surface area contributed by atoms with Crippen LogP contribution in [0, 0.1) is 11.6 Å². The van der Waals surface area contributed by atoms with Crippen LogP contribution in [0.25, 0.3) is 0 Å². The van der Waals surface area contributed by atoms with Crippen molar-refractivity contribution in [1.29, 1.82) is 0 Å². The lowest BCUT2D eigenvalue weighted by molar-refractivity contribution is 0.101. The maximum atomic E-state index is 14.3. The standard InChI is InChI=1S/C20H21F2N3O2/c1-14(26)16-5-6-19(18(22)12-16)24-7-9-25(10-8-24)20(27)23-13-15-3-2-4-17(21)11-15/h2-6,11-12H,7-10,13H2,1H3,(H,23,27). The van der Waals surface area contributed by atoms with Gasteiger partial charge in [-0.2, -0.15) is 0 Å². The predicted octanol–water partition coefficient (Wildman–Crippen LogP) is 3.20. The number of nitrogens with zero attached hydrogens (tertiary/aromatic N) is 2. The van der Waals surface area contributed by atoms with Gasteiger partial charge in [0.2, 0.25) is 0 Å². The fraction of sp³-hybridized carbons (Fsp3) is 0.300. The van der Waals surface area contributed by atoms with E-state index in [1.807, 2.05) is 4.90 Å². The highest BCUT2D eigenvalue weighted by molar-refractivity contribution is 5.94. The van der Waals surface area contributed by atoms with Gasteiger partial charge in [0.15, 0.2) is 5.78 Å². The van der Waals surface area contributed by atoms with E-state index in [0.717, 1.165) is 0 Å². The molecule has 0 atom stereocenters. The third kappa shape index (κ3) is 4.61. The number of hydrogen-bond donors (Lipinski definition) is 1. The average Bonchev–Trinajstić information content (AvgIpc) is 2.66. The van der Waals surface area contributed by atoms with Crippen LogP contribution in [-0.2, 0) is 6.54 Å². The Bertz CT molecular complexity index is 849. The molecule has 1 heterocycles. The van der Waals surface area contributed by atoms with Crippen LogP contribution in [0.2, 0.25) is 0 Å². The molecule has 0 bridgehead atoms. The monoisotopic (exact) mass is 373 g/mol. The van der Waals surface area contributed by atoms with Gasteiger partial charge in [0.1, 0.15) is 11.6 Å². The van der Waals surface area contributed by atoms with E-state index in [1.54, 1.807) is 29.2 Å². The number of Topliss-reactive ketones (excluding diaryl/α,β-unsaturated/α-hetero) is 1. The second-order valence-electron chi connectivity index (χ2n) is 6.49. The highest BCUT2D eigenvalue weighted by Crippen LogP contribution is 2.22. The van der Waals surface area contributed by atoms with E-state index < -0.39 is 5.82 Å². The summed E-state index contributed by atoms with van der Waals surface area (Å²) in [5.74, 6) is -0.958. The van der Waals surface area contributed by atoms with Gasteiger partial charge in [0.25, 0.3) is 0 Å². The van der Waals surface area contributed by atoms with Gasteiger partial charge in [-0.25, -0.2) is 13.6 Å². The molecule has 1 saturated heterocycles. The van der Waals surface area contributed by atoms with Gasteiger partial charge >= 0.3 is 6.03 Å². The predicted molar refractivity (Wildman–Crippen MR) is 98.8 cm³/mol. The number of nitrogens with one attached hydrogen (secondary N) is 1. The number of halogens is 2. The first kappa shape index (κ1) is 18.8. The molecule has 1 aliphatic rings. The lowest BCUT2D eigenvalue weighted by Crippen LogP contribution is -2.51. The summed E-state index contributed by atoms with van der Waals surface area (Å²) in [6, 6.07) is 10.3. The minimum Gasteiger partial charge on any atom is -0.366 e. The average molecular weight is 373 g/mol. The molecule has 5 nitrogen and oxygen atoms in total. The van der Waals surface area contributed by atoms with Crippen LogP contribution in [0.15, 0.2) is 42.5 Å². The Balaban J connectivity index is 1.54. The number of carbonyl (C=O) groups excluding carboxylic acids is 2. The number of anilines is 1. The summed E-state index contributed by atoms with van der Waals surface area (Å²) in [6.07, 6.45) is 0. The molecule has 27 heavy (non-hydrogen) atoms. The first-order chi connectivity index (χ1) is 12.9. The van der Waals surface area contributed by atoms with Gasteiger partial charge in [0, 0.05) is 38.3 Å². The molecule has 142 valence electrons. The van der Waals surface area contributed by atoms with Crippen LogP contribution in [-0.4, -0.2) is 42.9 Å². The van der Waals surface area contributed by atoms with E-state index >= 15 is 0 Å². The third-order valence-corrected chi connectivity index (χ3v) is 4.59. The maximum absolute atomic E-state index is 14.3. The zero-order chi connectivity index (χ0) is 19.4. The van der Waals surface area contributed by atoms with Crippen LogP contribution < -0.4 is 10.2 Å². The second-order valence-corrected chi connectivity index (χ2v) is 6.49. The molecule has 1 N–H and O–H groups in total. The molecule has 2 aromatic rings. The molecule has 1 fully saturated rings. The lowest BCUT2D eigenvalue weighted by atomic mass is 10.1. The van der Waals surface area contributed by atoms with Gasteiger partial charge in [-0.15, -0.1) is 0 Å². The Morgan fingerprint density at radius 3 is 2.41 bits per heavy atom. The largest absolute Gasteiger partial charge is 0.366 e. The minimum atomic E-state index is -0.438. The first-order valence-corrected chi connectivity index (χ1v) is 8.76. The SMILES string of the molecule is CC(=O)c1ccc(N2CCN(C(=O)NCc3cccc(F)c3)CC2)c(F)c1. The normalized spacial score (nSPS) is 14.2. The number of rotatable bonds is 4. The Labute approximate surface area is 156 Å². The van der Waals surface area contributed by atoms with Crippen molar-refractivity contribution in [2.24, 2.45) is 0 Å². The number of piperazine rings is 1. The van der Waals surface area contributed by atoms with Crippen LogP contribution in [0.3, 0.4) is 0 Å². The van der Waals surface area contributed by atoms with Crippen LogP contribution in [0.4, 0.5) is 19.3 Å². The van der Waals surface area contributed by atoms with Crippen molar-refractivity contribution < 1.29 is 18.4 Å². The maximum Gasteiger partial charge on any atom is 0.317 e. The molecule has 0 saturated carbocycles. The van der Waals surface area contributed by atoms with Gasteiger partial charge in [-0.05, 0) is 42.8 Å². The van der Waals surface area contributed by atoms with Gasteiger partial charge in [-0.3, -0.25) is 4.79 Å². The number of urea groups is 1. The summed E-state index contributed by atoms with van der Waals surface area (Å²) < 4.78 is 27.4. The van der Waals surface area contributed by atoms with Crippen molar-refractivity contribution in [3.05, 3.63) is 65.2 Å². The van der Waals surface area contributed by atoms with Crippen molar-refractivity contribution >= 4 is 17.5 Å². The molecule has 0 unspecified atom stereocenters. The quantitative estimate of drug-likeness (QED) is 0.838. The molecule has 7 heteroatoms. The highest BCUT2D eigenvalue weighted by atomic mass is 19.1. The number of amides is 2. The fourth-order valence-electron chi connectivity index (χ4n) is 3.07. The number of benzene rings is 2. The summed E-state index contributed by atoms with van der Waals surface area (Å²) in [6.45, 7) is 3.52. The summed E-state index contributed by atoms with van der Waals surface area (Å²) in [7, 11) is 0. The topological polar surface area (TPSA) is 52.7 Å². The van der Waals surface area contributed by atoms with Crippen LogP contribution in [0.5, 0.6) is 0 Å².